The van der Waals surface area contributed by atoms with Gasteiger partial charge in [0.1, 0.15) is 12.4 Å². The topological polar surface area (TPSA) is 75.7 Å². The molecule has 0 saturated carbocycles. The number of carbonyl (C=O) groups excluding carboxylic acids is 1. The maximum Gasteiger partial charge on any atom is 0.232 e. The summed E-state index contributed by atoms with van der Waals surface area (Å²) in [6.07, 6.45) is 1.84. The standard InChI is InChI=1S/C21H27ClN2O4S/c1-16-6-4-7-20(17(16)2)24(29(3,26)27)14-5-8-21(25)23-13-15-28-19-11-9-18(22)10-12-19/h4,6-7,9-12H,5,8,13-15H2,1-3H3,(H,23,25). The number of nitrogens with zero attached hydrogens (tertiary/aromatic N) is 1. The average molecular weight is 439 g/mol. The summed E-state index contributed by atoms with van der Waals surface area (Å²) in [6, 6.07) is 12.6. The molecule has 6 nitrogen and oxygen atoms in total. The van der Waals surface area contributed by atoms with Crippen molar-refractivity contribution in [3.05, 3.63) is 58.6 Å². The zero-order valence-corrected chi connectivity index (χ0v) is 18.5. The molecule has 0 spiro atoms. The molecular weight excluding hydrogens is 412 g/mol. The molecule has 0 fully saturated rings. The molecule has 0 saturated heterocycles. The highest BCUT2D eigenvalue weighted by Gasteiger charge is 2.19. The molecule has 158 valence electrons. The fraction of sp³-hybridized carbons (Fsp3) is 0.381. The first-order valence-electron chi connectivity index (χ1n) is 9.37. The van der Waals surface area contributed by atoms with Crippen molar-refractivity contribution in [3.63, 3.8) is 0 Å². The number of rotatable bonds is 10. The highest BCUT2D eigenvalue weighted by molar-refractivity contribution is 7.92. The van der Waals surface area contributed by atoms with Crippen LogP contribution in [-0.2, 0) is 14.8 Å². The molecule has 1 N–H and O–H groups in total. The number of ether oxygens (including phenoxy) is 1. The molecule has 0 aliphatic rings. The second kappa shape index (κ2) is 10.5. The lowest BCUT2D eigenvalue weighted by Gasteiger charge is -2.24. The van der Waals surface area contributed by atoms with Gasteiger partial charge in [0.05, 0.1) is 18.5 Å². The van der Waals surface area contributed by atoms with E-state index >= 15 is 0 Å². The Labute approximate surface area is 177 Å². The lowest BCUT2D eigenvalue weighted by molar-refractivity contribution is -0.121. The number of hydrogen-bond acceptors (Lipinski definition) is 4. The molecule has 0 bridgehead atoms. The third-order valence-electron chi connectivity index (χ3n) is 4.52. The van der Waals surface area contributed by atoms with Gasteiger partial charge in [-0.1, -0.05) is 23.7 Å². The summed E-state index contributed by atoms with van der Waals surface area (Å²) in [5.74, 6) is 0.542. The smallest absolute Gasteiger partial charge is 0.232 e. The van der Waals surface area contributed by atoms with Crippen molar-refractivity contribution in [1.82, 2.24) is 5.32 Å². The van der Waals surface area contributed by atoms with E-state index < -0.39 is 10.0 Å². The number of nitrogens with one attached hydrogen (secondary N) is 1. The van der Waals surface area contributed by atoms with Crippen LogP contribution in [0.15, 0.2) is 42.5 Å². The SMILES string of the molecule is Cc1cccc(N(CCCC(=O)NCCOc2ccc(Cl)cc2)S(C)(=O)=O)c1C. The Morgan fingerprint density at radius 3 is 2.48 bits per heavy atom. The maximum atomic E-state index is 12.2. The third kappa shape index (κ3) is 7.25. The summed E-state index contributed by atoms with van der Waals surface area (Å²) in [5.41, 5.74) is 2.60. The predicted molar refractivity (Wildman–Crippen MR) is 117 cm³/mol. The van der Waals surface area contributed by atoms with E-state index in [4.69, 9.17) is 16.3 Å². The van der Waals surface area contributed by atoms with Crippen molar-refractivity contribution in [2.24, 2.45) is 0 Å². The monoisotopic (exact) mass is 438 g/mol. The summed E-state index contributed by atoms with van der Waals surface area (Å²) < 4.78 is 31.4. The number of hydrogen-bond donors (Lipinski definition) is 1. The van der Waals surface area contributed by atoms with Crippen molar-refractivity contribution in [3.8, 4) is 5.75 Å². The summed E-state index contributed by atoms with van der Waals surface area (Å²) in [4.78, 5) is 12.0. The van der Waals surface area contributed by atoms with Gasteiger partial charge in [0.15, 0.2) is 0 Å². The van der Waals surface area contributed by atoms with Crippen molar-refractivity contribution < 1.29 is 17.9 Å². The van der Waals surface area contributed by atoms with Gasteiger partial charge in [0, 0.05) is 18.0 Å². The van der Waals surface area contributed by atoms with Crippen LogP contribution in [-0.4, -0.2) is 40.3 Å². The van der Waals surface area contributed by atoms with E-state index in [9.17, 15) is 13.2 Å². The maximum absolute atomic E-state index is 12.2. The molecule has 2 aromatic carbocycles. The van der Waals surface area contributed by atoms with E-state index in [1.807, 2.05) is 26.0 Å². The molecule has 0 heterocycles. The Morgan fingerprint density at radius 1 is 1.14 bits per heavy atom. The quantitative estimate of drug-likeness (QED) is 0.574. The number of sulfonamides is 1. The van der Waals surface area contributed by atoms with Crippen LogP contribution >= 0.6 is 11.6 Å². The molecule has 1 amide bonds. The van der Waals surface area contributed by atoms with Crippen LogP contribution in [0.2, 0.25) is 5.02 Å². The Hall–Kier alpha value is -2.25. The lowest BCUT2D eigenvalue weighted by atomic mass is 10.1. The van der Waals surface area contributed by atoms with Crippen molar-refractivity contribution in [2.75, 3.05) is 30.3 Å². The third-order valence-corrected chi connectivity index (χ3v) is 5.95. The van der Waals surface area contributed by atoms with Crippen molar-refractivity contribution in [1.29, 1.82) is 0 Å². The highest BCUT2D eigenvalue weighted by atomic mass is 35.5. The minimum absolute atomic E-state index is 0.140. The number of carbonyl (C=O) groups is 1. The van der Waals surface area contributed by atoms with Gasteiger partial charge in [0.25, 0.3) is 0 Å². The summed E-state index contributed by atoms with van der Waals surface area (Å²) in [5, 5.41) is 3.41. The second-order valence-electron chi connectivity index (χ2n) is 6.81. The Balaban J connectivity index is 1.79. The largest absolute Gasteiger partial charge is 0.492 e. The van der Waals surface area contributed by atoms with Gasteiger partial charge in [-0.3, -0.25) is 9.10 Å². The Morgan fingerprint density at radius 2 is 1.83 bits per heavy atom. The van der Waals surface area contributed by atoms with Gasteiger partial charge >= 0.3 is 0 Å². The van der Waals surface area contributed by atoms with E-state index in [0.29, 0.717) is 36.0 Å². The summed E-state index contributed by atoms with van der Waals surface area (Å²) in [6.45, 7) is 4.80. The van der Waals surface area contributed by atoms with Crippen LogP contribution in [0.3, 0.4) is 0 Å². The van der Waals surface area contributed by atoms with E-state index in [2.05, 4.69) is 5.32 Å². The van der Waals surface area contributed by atoms with E-state index in [1.54, 1.807) is 30.3 Å². The number of benzene rings is 2. The molecule has 8 heteroatoms. The van der Waals surface area contributed by atoms with E-state index in [1.165, 1.54) is 10.6 Å². The van der Waals surface area contributed by atoms with Gasteiger partial charge in [-0.2, -0.15) is 0 Å². The second-order valence-corrected chi connectivity index (χ2v) is 9.15. The zero-order valence-electron chi connectivity index (χ0n) is 16.9. The Kier molecular flexibility index (Phi) is 8.34. The molecule has 2 aromatic rings. The minimum atomic E-state index is -3.44. The number of halogens is 1. The van der Waals surface area contributed by atoms with Crippen LogP contribution in [0.25, 0.3) is 0 Å². The van der Waals surface area contributed by atoms with Crippen LogP contribution in [0.4, 0.5) is 5.69 Å². The van der Waals surface area contributed by atoms with Crippen molar-refractivity contribution in [2.45, 2.75) is 26.7 Å². The van der Waals surface area contributed by atoms with Gasteiger partial charge in [-0.25, -0.2) is 8.42 Å². The minimum Gasteiger partial charge on any atom is -0.492 e. The van der Waals surface area contributed by atoms with Gasteiger partial charge in [0.2, 0.25) is 15.9 Å². The first-order chi connectivity index (χ1) is 13.7. The molecule has 0 radical (unpaired) electrons. The fourth-order valence-corrected chi connectivity index (χ4v) is 3.97. The molecule has 29 heavy (non-hydrogen) atoms. The predicted octanol–water partition coefficient (Wildman–Crippen LogP) is 3.70. The molecular formula is C21H27ClN2O4S. The van der Waals surface area contributed by atoms with E-state index in [-0.39, 0.29) is 18.9 Å². The van der Waals surface area contributed by atoms with Gasteiger partial charge in [-0.05, 0) is 61.7 Å². The molecule has 0 aromatic heterocycles. The Bertz CT molecular complexity index is 930. The number of aryl methyl sites for hydroxylation is 1. The summed E-state index contributed by atoms with van der Waals surface area (Å²) in [7, 11) is -3.44. The van der Waals surface area contributed by atoms with Gasteiger partial charge < -0.3 is 10.1 Å². The summed E-state index contributed by atoms with van der Waals surface area (Å²) >= 11 is 5.82. The average Bonchev–Trinajstić information content (AvgIpc) is 2.65. The number of amides is 1. The molecule has 0 atom stereocenters. The van der Waals surface area contributed by atoms with E-state index in [0.717, 1.165) is 11.1 Å². The first-order valence-corrected chi connectivity index (χ1v) is 11.6. The fourth-order valence-electron chi connectivity index (χ4n) is 2.83. The molecule has 0 aliphatic carbocycles. The normalized spacial score (nSPS) is 11.2. The zero-order chi connectivity index (χ0) is 21.4. The van der Waals surface area contributed by atoms with Crippen LogP contribution < -0.4 is 14.4 Å². The van der Waals surface area contributed by atoms with Crippen LogP contribution in [0, 0.1) is 13.8 Å². The van der Waals surface area contributed by atoms with Gasteiger partial charge in [-0.15, -0.1) is 0 Å². The first kappa shape index (κ1) is 23.0. The van der Waals surface area contributed by atoms with Crippen LogP contribution in [0.5, 0.6) is 5.75 Å². The van der Waals surface area contributed by atoms with Crippen molar-refractivity contribution >= 4 is 33.2 Å². The molecule has 2 rings (SSSR count). The van der Waals surface area contributed by atoms with Crippen LogP contribution in [0.1, 0.15) is 24.0 Å². The lowest BCUT2D eigenvalue weighted by Crippen LogP contribution is -2.33. The molecule has 0 aliphatic heterocycles. The highest BCUT2D eigenvalue weighted by Crippen LogP contribution is 2.25. The number of anilines is 1. The molecule has 0 unspecified atom stereocenters.